The second-order valence-electron chi connectivity index (χ2n) is 5.50. The van der Waals surface area contributed by atoms with Crippen molar-refractivity contribution in [2.75, 3.05) is 0 Å². The summed E-state index contributed by atoms with van der Waals surface area (Å²) in [6.45, 7) is 2.26. The fourth-order valence-electron chi connectivity index (χ4n) is 2.45. The Morgan fingerprint density at radius 1 is 1.21 bits per heavy atom. The van der Waals surface area contributed by atoms with Crippen LogP contribution in [0.2, 0.25) is 0 Å². The third kappa shape index (κ3) is 7.33. The van der Waals surface area contributed by atoms with Crippen molar-refractivity contribution in [1.29, 1.82) is 0 Å². The van der Waals surface area contributed by atoms with Gasteiger partial charge < -0.3 is 0 Å². The number of hydrazine groups is 1. The van der Waals surface area contributed by atoms with Gasteiger partial charge in [0, 0.05) is 19.3 Å². The highest BCUT2D eigenvalue weighted by molar-refractivity contribution is 5.05. The summed E-state index contributed by atoms with van der Waals surface area (Å²) in [5.74, 6) is 5.63. The molecule has 1 heterocycles. The van der Waals surface area contributed by atoms with Crippen molar-refractivity contribution < 1.29 is 0 Å². The Morgan fingerprint density at radius 2 is 1.89 bits per heavy atom. The summed E-state index contributed by atoms with van der Waals surface area (Å²) in [4.78, 5) is 0. The number of hydrogen-bond acceptors (Lipinski definition) is 3. The topological polar surface area (TPSA) is 55.9 Å². The molecular weight excluding hydrogens is 236 g/mol. The number of hydrogen-bond donors (Lipinski definition) is 2. The van der Waals surface area contributed by atoms with Crippen LogP contribution in [-0.2, 0) is 13.5 Å². The normalized spacial score (nSPS) is 12.8. The zero-order valence-corrected chi connectivity index (χ0v) is 12.6. The molecule has 0 aliphatic carbocycles. The number of rotatable bonds is 11. The molecule has 0 aromatic carbocycles. The summed E-state index contributed by atoms with van der Waals surface area (Å²) in [5, 5.41) is 4.19. The van der Waals surface area contributed by atoms with Crippen LogP contribution in [0.5, 0.6) is 0 Å². The van der Waals surface area contributed by atoms with Gasteiger partial charge in [0.05, 0.1) is 6.20 Å². The first-order chi connectivity index (χ1) is 9.26. The lowest BCUT2D eigenvalue weighted by molar-refractivity contribution is 0.458. The molecule has 1 rings (SSSR count). The lowest BCUT2D eigenvalue weighted by Crippen LogP contribution is -2.36. The Labute approximate surface area is 117 Å². The Kier molecular flexibility index (Phi) is 8.50. The largest absolute Gasteiger partial charge is 0.276 e. The summed E-state index contributed by atoms with van der Waals surface area (Å²) < 4.78 is 1.84. The molecule has 1 aromatic heterocycles. The van der Waals surface area contributed by atoms with Crippen LogP contribution in [0, 0.1) is 0 Å². The molecule has 0 saturated carbocycles. The highest BCUT2D eigenvalue weighted by Crippen LogP contribution is 2.11. The third-order valence-electron chi connectivity index (χ3n) is 3.63. The molecule has 0 bridgehead atoms. The maximum atomic E-state index is 5.63. The Balaban J connectivity index is 2.08. The highest BCUT2D eigenvalue weighted by Gasteiger charge is 2.08. The monoisotopic (exact) mass is 266 g/mol. The minimum Gasteiger partial charge on any atom is -0.276 e. The lowest BCUT2D eigenvalue weighted by Gasteiger charge is -2.14. The number of aryl methyl sites for hydroxylation is 1. The zero-order valence-electron chi connectivity index (χ0n) is 12.6. The summed E-state index contributed by atoms with van der Waals surface area (Å²) in [5.41, 5.74) is 4.19. The molecule has 19 heavy (non-hydrogen) atoms. The fourth-order valence-corrected chi connectivity index (χ4v) is 2.45. The van der Waals surface area contributed by atoms with Crippen LogP contribution < -0.4 is 11.3 Å². The third-order valence-corrected chi connectivity index (χ3v) is 3.63. The summed E-state index contributed by atoms with van der Waals surface area (Å²) in [6, 6.07) is 0.375. The Hall–Kier alpha value is -0.870. The number of aromatic nitrogens is 2. The van der Waals surface area contributed by atoms with Crippen LogP contribution in [0.1, 0.15) is 63.9 Å². The Morgan fingerprint density at radius 3 is 2.47 bits per heavy atom. The van der Waals surface area contributed by atoms with Crippen molar-refractivity contribution in [3.05, 3.63) is 18.0 Å². The molecule has 0 aliphatic rings. The lowest BCUT2D eigenvalue weighted by atomic mass is 10.0. The summed E-state index contributed by atoms with van der Waals surface area (Å²) >= 11 is 0. The van der Waals surface area contributed by atoms with Gasteiger partial charge in [-0.2, -0.15) is 5.10 Å². The van der Waals surface area contributed by atoms with Gasteiger partial charge in [-0.15, -0.1) is 0 Å². The van der Waals surface area contributed by atoms with Crippen molar-refractivity contribution in [1.82, 2.24) is 15.2 Å². The van der Waals surface area contributed by atoms with E-state index in [-0.39, 0.29) is 0 Å². The van der Waals surface area contributed by atoms with Crippen molar-refractivity contribution in [2.45, 2.75) is 70.8 Å². The maximum absolute atomic E-state index is 5.63. The van der Waals surface area contributed by atoms with E-state index in [0.29, 0.717) is 6.04 Å². The van der Waals surface area contributed by atoms with Crippen molar-refractivity contribution in [2.24, 2.45) is 12.9 Å². The van der Waals surface area contributed by atoms with E-state index in [4.69, 9.17) is 5.84 Å². The second-order valence-corrected chi connectivity index (χ2v) is 5.50. The summed E-state index contributed by atoms with van der Waals surface area (Å²) in [7, 11) is 1.95. The number of nitrogens with two attached hydrogens (primary N) is 1. The van der Waals surface area contributed by atoms with Crippen LogP contribution in [0.15, 0.2) is 12.4 Å². The SMILES string of the molecule is CCCCCCCCCC(Cc1cnn(C)c1)NN. The summed E-state index contributed by atoms with van der Waals surface area (Å²) in [6.07, 6.45) is 15.6. The molecule has 0 radical (unpaired) electrons. The quantitative estimate of drug-likeness (QED) is 0.368. The molecule has 1 atom stereocenters. The van der Waals surface area contributed by atoms with Gasteiger partial charge >= 0.3 is 0 Å². The van der Waals surface area contributed by atoms with Crippen LogP contribution in [0.25, 0.3) is 0 Å². The van der Waals surface area contributed by atoms with E-state index in [1.54, 1.807) is 0 Å². The first kappa shape index (κ1) is 16.2. The number of nitrogens with one attached hydrogen (secondary N) is 1. The maximum Gasteiger partial charge on any atom is 0.0522 e. The smallest absolute Gasteiger partial charge is 0.0522 e. The van der Waals surface area contributed by atoms with Gasteiger partial charge in [-0.1, -0.05) is 51.9 Å². The minimum absolute atomic E-state index is 0.375. The van der Waals surface area contributed by atoms with Crippen LogP contribution in [-0.4, -0.2) is 15.8 Å². The van der Waals surface area contributed by atoms with Gasteiger partial charge in [0.25, 0.3) is 0 Å². The number of unbranched alkanes of at least 4 members (excludes halogenated alkanes) is 6. The van der Waals surface area contributed by atoms with Crippen molar-refractivity contribution >= 4 is 0 Å². The second kappa shape index (κ2) is 9.98. The zero-order chi connectivity index (χ0) is 13.9. The first-order valence-corrected chi connectivity index (χ1v) is 7.70. The van der Waals surface area contributed by atoms with Crippen LogP contribution in [0.3, 0.4) is 0 Å². The molecule has 110 valence electrons. The van der Waals surface area contributed by atoms with Crippen molar-refractivity contribution in [3.63, 3.8) is 0 Å². The van der Waals surface area contributed by atoms with E-state index >= 15 is 0 Å². The standard InChI is InChI=1S/C15H30N4/c1-3-4-5-6-7-8-9-10-15(18-16)11-14-12-17-19(2)13-14/h12-13,15,18H,3-11,16H2,1-2H3. The highest BCUT2D eigenvalue weighted by atomic mass is 15.2. The van der Waals surface area contributed by atoms with E-state index in [9.17, 15) is 0 Å². The number of nitrogens with zero attached hydrogens (tertiary/aromatic N) is 2. The molecule has 0 fully saturated rings. The molecule has 0 saturated heterocycles. The van der Waals surface area contributed by atoms with E-state index in [0.717, 1.165) is 12.8 Å². The molecular formula is C15H30N4. The molecule has 4 nitrogen and oxygen atoms in total. The molecule has 4 heteroatoms. The first-order valence-electron chi connectivity index (χ1n) is 7.70. The molecule has 0 amide bonds. The van der Waals surface area contributed by atoms with Crippen LogP contribution >= 0.6 is 0 Å². The average Bonchev–Trinajstić information content (AvgIpc) is 2.81. The van der Waals surface area contributed by atoms with E-state index < -0.39 is 0 Å². The Bertz CT molecular complexity index is 322. The predicted octanol–water partition coefficient (Wildman–Crippen LogP) is 2.94. The van der Waals surface area contributed by atoms with Gasteiger partial charge in [-0.25, -0.2) is 0 Å². The fraction of sp³-hybridized carbons (Fsp3) is 0.800. The van der Waals surface area contributed by atoms with Gasteiger partial charge in [-0.3, -0.25) is 16.0 Å². The van der Waals surface area contributed by atoms with Gasteiger partial charge in [-0.05, 0) is 18.4 Å². The van der Waals surface area contributed by atoms with Crippen molar-refractivity contribution in [3.8, 4) is 0 Å². The average molecular weight is 266 g/mol. The molecule has 0 aliphatic heterocycles. The van der Waals surface area contributed by atoms with Gasteiger partial charge in [0.2, 0.25) is 0 Å². The van der Waals surface area contributed by atoms with Gasteiger partial charge in [0.15, 0.2) is 0 Å². The van der Waals surface area contributed by atoms with E-state index in [2.05, 4.69) is 23.6 Å². The predicted molar refractivity (Wildman–Crippen MR) is 80.6 cm³/mol. The molecule has 0 spiro atoms. The molecule has 1 aromatic rings. The van der Waals surface area contributed by atoms with E-state index in [1.165, 1.54) is 50.5 Å². The molecule has 3 N–H and O–H groups in total. The molecule has 1 unspecified atom stereocenters. The van der Waals surface area contributed by atoms with E-state index in [1.807, 2.05) is 17.9 Å². The van der Waals surface area contributed by atoms with Gasteiger partial charge in [0.1, 0.15) is 0 Å². The minimum atomic E-state index is 0.375. The van der Waals surface area contributed by atoms with Crippen LogP contribution in [0.4, 0.5) is 0 Å².